The highest BCUT2D eigenvalue weighted by Crippen LogP contribution is 2.40. The summed E-state index contributed by atoms with van der Waals surface area (Å²) in [4.78, 5) is 0.166. The first kappa shape index (κ1) is 16.5. The van der Waals surface area contributed by atoms with Gasteiger partial charge >= 0.3 is 0 Å². The molecule has 5 heteroatoms. The Kier molecular flexibility index (Phi) is 5.07. The third kappa shape index (κ3) is 4.05. The van der Waals surface area contributed by atoms with Crippen LogP contribution in [0.15, 0.2) is 29.2 Å². The van der Waals surface area contributed by atoms with Crippen molar-refractivity contribution in [2.75, 3.05) is 6.54 Å². The predicted molar refractivity (Wildman–Crippen MR) is 85.4 cm³/mol. The second kappa shape index (κ2) is 6.46. The Morgan fingerprint density at radius 1 is 1.24 bits per heavy atom. The zero-order chi connectivity index (χ0) is 15.5. The van der Waals surface area contributed by atoms with E-state index < -0.39 is 10.0 Å². The summed E-state index contributed by atoms with van der Waals surface area (Å²) in [5.41, 5.74) is 1.54. The fourth-order valence-electron chi connectivity index (χ4n) is 3.21. The molecule has 4 nitrogen and oxygen atoms in total. The Morgan fingerprint density at radius 3 is 2.29 bits per heavy atom. The van der Waals surface area contributed by atoms with Crippen LogP contribution in [0.3, 0.4) is 0 Å². The van der Waals surface area contributed by atoms with E-state index in [1.165, 1.54) is 32.1 Å². The van der Waals surface area contributed by atoms with Crippen molar-refractivity contribution >= 4 is 10.0 Å². The molecule has 1 aromatic rings. The second-order valence-corrected chi connectivity index (χ2v) is 7.84. The maximum atomic E-state index is 11.3. The van der Waals surface area contributed by atoms with E-state index in [2.05, 4.69) is 19.2 Å². The zero-order valence-electron chi connectivity index (χ0n) is 12.9. The van der Waals surface area contributed by atoms with E-state index in [4.69, 9.17) is 5.14 Å². The van der Waals surface area contributed by atoms with Crippen molar-refractivity contribution in [1.82, 2.24) is 5.32 Å². The van der Waals surface area contributed by atoms with E-state index in [9.17, 15) is 8.42 Å². The second-order valence-electron chi connectivity index (χ2n) is 6.28. The average molecular weight is 310 g/mol. The fourth-order valence-corrected chi connectivity index (χ4v) is 3.73. The molecule has 0 amide bonds. The smallest absolute Gasteiger partial charge is 0.238 e. The highest BCUT2D eigenvalue weighted by Gasteiger charge is 2.31. The van der Waals surface area contributed by atoms with Crippen molar-refractivity contribution in [3.63, 3.8) is 0 Å². The van der Waals surface area contributed by atoms with E-state index in [0.717, 1.165) is 12.1 Å². The van der Waals surface area contributed by atoms with Crippen molar-refractivity contribution in [2.45, 2.75) is 56.9 Å². The topological polar surface area (TPSA) is 72.2 Å². The van der Waals surface area contributed by atoms with Crippen molar-refractivity contribution in [1.29, 1.82) is 0 Å². The van der Waals surface area contributed by atoms with Gasteiger partial charge in [-0.25, -0.2) is 13.6 Å². The Morgan fingerprint density at radius 2 is 1.81 bits per heavy atom. The van der Waals surface area contributed by atoms with Gasteiger partial charge in [0, 0.05) is 12.6 Å². The minimum absolute atomic E-state index is 0.166. The van der Waals surface area contributed by atoms with Gasteiger partial charge in [0.2, 0.25) is 10.0 Å². The summed E-state index contributed by atoms with van der Waals surface area (Å²) in [6.07, 6.45) is 6.53. The van der Waals surface area contributed by atoms with E-state index in [-0.39, 0.29) is 10.9 Å². The number of benzene rings is 1. The van der Waals surface area contributed by atoms with Gasteiger partial charge in [0.15, 0.2) is 0 Å². The summed E-state index contributed by atoms with van der Waals surface area (Å²) < 4.78 is 22.5. The number of hydrogen-bond acceptors (Lipinski definition) is 3. The first-order valence-corrected chi connectivity index (χ1v) is 9.27. The van der Waals surface area contributed by atoms with E-state index in [1.807, 2.05) is 12.1 Å². The molecular formula is C16H26N2O2S. The number of hydrogen-bond donors (Lipinski definition) is 2. The van der Waals surface area contributed by atoms with Gasteiger partial charge in [-0.3, -0.25) is 0 Å². The molecule has 21 heavy (non-hydrogen) atoms. The summed E-state index contributed by atoms with van der Waals surface area (Å²) in [5.74, 6) is 0. The SMILES string of the molecule is CCC1(CNC(C)c2ccc(S(N)(=O)=O)cc2)CCCC1. The first-order chi connectivity index (χ1) is 9.86. The third-order valence-electron chi connectivity index (χ3n) is 4.91. The maximum Gasteiger partial charge on any atom is 0.238 e. The molecule has 1 fully saturated rings. The van der Waals surface area contributed by atoms with Crippen LogP contribution in [0, 0.1) is 5.41 Å². The molecular weight excluding hydrogens is 284 g/mol. The summed E-state index contributed by atoms with van der Waals surface area (Å²) in [6, 6.07) is 7.04. The van der Waals surface area contributed by atoms with Crippen LogP contribution in [-0.2, 0) is 10.0 Å². The van der Waals surface area contributed by atoms with Crippen LogP contribution < -0.4 is 10.5 Å². The van der Waals surface area contributed by atoms with Crippen molar-refractivity contribution in [3.8, 4) is 0 Å². The lowest BCUT2D eigenvalue weighted by atomic mass is 9.83. The summed E-state index contributed by atoms with van der Waals surface area (Å²) in [5, 5.41) is 8.73. The predicted octanol–water partition coefficient (Wildman–Crippen LogP) is 2.96. The summed E-state index contributed by atoms with van der Waals surface area (Å²) in [7, 11) is -3.60. The number of nitrogens with two attached hydrogens (primary N) is 1. The van der Waals surface area contributed by atoms with Crippen molar-refractivity contribution in [2.24, 2.45) is 10.6 Å². The van der Waals surface area contributed by atoms with Crippen LogP contribution in [0.1, 0.15) is 57.6 Å². The van der Waals surface area contributed by atoms with Gasteiger partial charge in [-0.2, -0.15) is 0 Å². The van der Waals surface area contributed by atoms with Gasteiger partial charge in [0.25, 0.3) is 0 Å². The molecule has 1 aliphatic rings. The molecule has 1 aliphatic carbocycles. The van der Waals surface area contributed by atoms with Crippen LogP contribution in [0.5, 0.6) is 0 Å². The van der Waals surface area contributed by atoms with Gasteiger partial charge in [-0.1, -0.05) is 31.9 Å². The van der Waals surface area contributed by atoms with Gasteiger partial charge in [-0.05, 0) is 49.3 Å². The molecule has 118 valence electrons. The Hall–Kier alpha value is -0.910. The molecule has 3 N–H and O–H groups in total. The van der Waals surface area contributed by atoms with E-state index >= 15 is 0 Å². The Balaban J connectivity index is 1.98. The van der Waals surface area contributed by atoms with Gasteiger partial charge in [0.05, 0.1) is 4.90 Å². The average Bonchev–Trinajstić information content (AvgIpc) is 2.93. The molecule has 0 heterocycles. The first-order valence-electron chi connectivity index (χ1n) is 7.72. The van der Waals surface area contributed by atoms with Crippen LogP contribution in [0.2, 0.25) is 0 Å². The molecule has 2 rings (SSSR count). The lowest BCUT2D eigenvalue weighted by Gasteiger charge is -2.30. The van der Waals surface area contributed by atoms with E-state index in [1.54, 1.807) is 12.1 Å². The van der Waals surface area contributed by atoms with Crippen molar-refractivity contribution < 1.29 is 8.42 Å². The lowest BCUT2D eigenvalue weighted by molar-refractivity contribution is 0.259. The van der Waals surface area contributed by atoms with Crippen LogP contribution in [-0.4, -0.2) is 15.0 Å². The number of sulfonamides is 1. The lowest BCUT2D eigenvalue weighted by Crippen LogP contribution is -2.33. The molecule has 0 aromatic heterocycles. The van der Waals surface area contributed by atoms with Crippen LogP contribution in [0.4, 0.5) is 0 Å². The molecule has 0 spiro atoms. The van der Waals surface area contributed by atoms with Crippen LogP contribution >= 0.6 is 0 Å². The van der Waals surface area contributed by atoms with Gasteiger partial charge in [-0.15, -0.1) is 0 Å². The van der Waals surface area contributed by atoms with E-state index in [0.29, 0.717) is 5.41 Å². The largest absolute Gasteiger partial charge is 0.310 e. The van der Waals surface area contributed by atoms with Gasteiger partial charge < -0.3 is 5.32 Å². The minimum Gasteiger partial charge on any atom is -0.310 e. The summed E-state index contributed by atoms with van der Waals surface area (Å²) in [6.45, 7) is 5.42. The standard InChI is InChI=1S/C16H26N2O2S/c1-3-16(10-4-5-11-16)12-18-13(2)14-6-8-15(9-7-14)21(17,19)20/h6-9,13,18H,3-5,10-12H2,1-2H3,(H2,17,19,20). The zero-order valence-corrected chi connectivity index (χ0v) is 13.7. The third-order valence-corrected chi connectivity index (χ3v) is 5.84. The van der Waals surface area contributed by atoms with Crippen LogP contribution in [0.25, 0.3) is 0 Å². The Bertz CT molecular complexity index is 560. The minimum atomic E-state index is -3.60. The quantitative estimate of drug-likeness (QED) is 0.848. The molecule has 1 atom stereocenters. The fraction of sp³-hybridized carbons (Fsp3) is 0.625. The molecule has 0 saturated heterocycles. The highest BCUT2D eigenvalue weighted by molar-refractivity contribution is 7.89. The molecule has 1 saturated carbocycles. The molecule has 0 aliphatic heterocycles. The monoisotopic (exact) mass is 310 g/mol. The number of rotatable bonds is 6. The number of nitrogens with one attached hydrogen (secondary N) is 1. The van der Waals surface area contributed by atoms with Crippen molar-refractivity contribution in [3.05, 3.63) is 29.8 Å². The summed E-state index contributed by atoms with van der Waals surface area (Å²) >= 11 is 0. The molecule has 0 bridgehead atoms. The Labute approximate surface area is 128 Å². The molecule has 1 aromatic carbocycles. The van der Waals surface area contributed by atoms with Gasteiger partial charge in [0.1, 0.15) is 0 Å². The highest BCUT2D eigenvalue weighted by atomic mass is 32.2. The molecule has 1 unspecified atom stereocenters. The maximum absolute atomic E-state index is 11.3. The number of primary sulfonamides is 1. The molecule has 0 radical (unpaired) electrons. The normalized spacial score (nSPS) is 19.6.